The molecule has 27 heavy (non-hydrogen) atoms. The third kappa shape index (κ3) is 5.38. The summed E-state index contributed by atoms with van der Waals surface area (Å²) in [6.07, 6.45) is 5.37. The number of nitrogens with zero attached hydrogens (tertiary/aromatic N) is 5. The van der Waals surface area contributed by atoms with Gasteiger partial charge < -0.3 is 15.1 Å². The van der Waals surface area contributed by atoms with Crippen molar-refractivity contribution in [2.45, 2.75) is 32.7 Å². The van der Waals surface area contributed by atoms with Crippen LogP contribution in [0.4, 0.5) is 5.95 Å². The second-order valence-electron chi connectivity index (χ2n) is 7.66. The van der Waals surface area contributed by atoms with Gasteiger partial charge in [0.05, 0.1) is 12.5 Å². The maximum absolute atomic E-state index is 13.0. The maximum Gasteiger partial charge on any atom is 0.234 e. The molecular weight excluding hydrogens is 344 g/mol. The highest BCUT2D eigenvalue weighted by Crippen LogP contribution is 2.22. The summed E-state index contributed by atoms with van der Waals surface area (Å²) in [5, 5.41) is 2.92. The lowest BCUT2D eigenvalue weighted by Gasteiger charge is -2.38. The van der Waals surface area contributed by atoms with Gasteiger partial charge in [-0.25, -0.2) is 9.97 Å². The minimum atomic E-state index is -0.00153. The molecular formula is C19H30N6O2. The number of piperazine rings is 1. The van der Waals surface area contributed by atoms with Gasteiger partial charge in [0.2, 0.25) is 17.8 Å². The Kier molecular flexibility index (Phi) is 6.60. The number of hydrogen-bond acceptors (Lipinski definition) is 6. The fourth-order valence-corrected chi connectivity index (χ4v) is 3.77. The second kappa shape index (κ2) is 9.12. The Labute approximate surface area is 160 Å². The molecule has 2 aliphatic heterocycles. The van der Waals surface area contributed by atoms with Crippen LogP contribution >= 0.6 is 0 Å². The lowest BCUT2D eigenvalue weighted by Crippen LogP contribution is -2.54. The molecule has 8 heteroatoms. The standard InChI is InChI=1S/C19H30N6O2/c1-15(2)22-17(26)14-23-9-11-24(12-10-23)18(27)16-5-3-8-25(13-16)19-20-6-4-7-21-19/h4,6-7,15-16H,3,5,8-14H2,1-2H3,(H,22,26). The fraction of sp³-hybridized carbons (Fsp3) is 0.684. The smallest absolute Gasteiger partial charge is 0.234 e. The van der Waals surface area contributed by atoms with Crippen LogP contribution in [0.15, 0.2) is 18.5 Å². The van der Waals surface area contributed by atoms with E-state index in [1.54, 1.807) is 18.5 Å². The molecule has 0 aromatic carbocycles. The molecule has 1 atom stereocenters. The van der Waals surface area contributed by atoms with E-state index in [4.69, 9.17) is 0 Å². The van der Waals surface area contributed by atoms with Gasteiger partial charge in [0.1, 0.15) is 0 Å². The third-order valence-electron chi connectivity index (χ3n) is 5.11. The molecule has 3 rings (SSSR count). The van der Waals surface area contributed by atoms with Crippen LogP contribution in [0.1, 0.15) is 26.7 Å². The lowest BCUT2D eigenvalue weighted by molar-refractivity contribution is -0.137. The molecule has 2 aliphatic rings. The van der Waals surface area contributed by atoms with Crippen LogP contribution in [0, 0.1) is 5.92 Å². The van der Waals surface area contributed by atoms with Gasteiger partial charge in [-0.05, 0) is 32.8 Å². The van der Waals surface area contributed by atoms with Crippen LogP contribution in [0.2, 0.25) is 0 Å². The minimum absolute atomic E-state index is 0.00153. The van der Waals surface area contributed by atoms with E-state index < -0.39 is 0 Å². The zero-order valence-electron chi connectivity index (χ0n) is 16.3. The zero-order valence-corrected chi connectivity index (χ0v) is 16.3. The predicted molar refractivity (Wildman–Crippen MR) is 103 cm³/mol. The molecule has 148 valence electrons. The lowest BCUT2D eigenvalue weighted by atomic mass is 9.96. The fourth-order valence-electron chi connectivity index (χ4n) is 3.77. The molecule has 1 N–H and O–H groups in total. The Morgan fingerprint density at radius 1 is 1.15 bits per heavy atom. The van der Waals surface area contributed by atoms with E-state index in [-0.39, 0.29) is 23.8 Å². The molecule has 0 spiro atoms. The van der Waals surface area contributed by atoms with Crippen molar-refractivity contribution in [2.24, 2.45) is 5.92 Å². The van der Waals surface area contributed by atoms with E-state index in [1.165, 1.54) is 0 Å². The van der Waals surface area contributed by atoms with E-state index in [0.29, 0.717) is 32.1 Å². The average molecular weight is 374 g/mol. The first-order valence-corrected chi connectivity index (χ1v) is 9.85. The Morgan fingerprint density at radius 3 is 2.52 bits per heavy atom. The van der Waals surface area contributed by atoms with Gasteiger partial charge in [0, 0.05) is 57.7 Å². The van der Waals surface area contributed by atoms with Crippen molar-refractivity contribution in [1.29, 1.82) is 0 Å². The summed E-state index contributed by atoms with van der Waals surface area (Å²) >= 11 is 0. The molecule has 1 unspecified atom stereocenters. The topological polar surface area (TPSA) is 81.7 Å². The van der Waals surface area contributed by atoms with Crippen LogP contribution in [0.25, 0.3) is 0 Å². The van der Waals surface area contributed by atoms with Crippen molar-refractivity contribution in [2.75, 3.05) is 50.7 Å². The van der Waals surface area contributed by atoms with E-state index in [9.17, 15) is 9.59 Å². The molecule has 0 radical (unpaired) electrons. The molecule has 3 heterocycles. The first-order valence-electron chi connectivity index (χ1n) is 9.85. The molecule has 0 bridgehead atoms. The Bertz CT molecular complexity index is 630. The minimum Gasteiger partial charge on any atom is -0.353 e. The highest BCUT2D eigenvalue weighted by atomic mass is 16.2. The number of amides is 2. The number of hydrogen-bond donors (Lipinski definition) is 1. The third-order valence-corrected chi connectivity index (χ3v) is 5.11. The summed E-state index contributed by atoms with van der Waals surface area (Å²) in [6.45, 7) is 8.77. The number of anilines is 1. The van der Waals surface area contributed by atoms with Crippen LogP contribution in [-0.2, 0) is 9.59 Å². The number of piperidine rings is 1. The molecule has 1 aromatic heterocycles. The normalized spacial score (nSPS) is 21.4. The van der Waals surface area contributed by atoms with Crippen LogP contribution in [0.5, 0.6) is 0 Å². The first kappa shape index (κ1) is 19.5. The zero-order chi connectivity index (χ0) is 19.2. The largest absolute Gasteiger partial charge is 0.353 e. The van der Waals surface area contributed by atoms with Crippen molar-refractivity contribution >= 4 is 17.8 Å². The van der Waals surface area contributed by atoms with Gasteiger partial charge in [0.25, 0.3) is 0 Å². The van der Waals surface area contributed by atoms with Gasteiger partial charge in [-0.1, -0.05) is 0 Å². The summed E-state index contributed by atoms with van der Waals surface area (Å²) in [4.78, 5) is 39.7. The summed E-state index contributed by atoms with van der Waals surface area (Å²) in [5.41, 5.74) is 0. The molecule has 8 nitrogen and oxygen atoms in total. The van der Waals surface area contributed by atoms with Crippen molar-refractivity contribution in [3.05, 3.63) is 18.5 Å². The van der Waals surface area contributed by atoms with Crippen molar-refractivity contribution in [3.63, 3.8) is 0 Å². The van der Waals surface area contributed by atoms with E-state index in [2.05, 4.69) is 25.1 Å². The SMILES string of the molecule is CC(C)NC(=O)CN1CCN(C(=O)C2CCCN(c3ncccn3)C2)CC1. The quantitative estimate of drug-likeness (QED) is 0.802. The number of carbonyl (C=O) groups is 2. The van der Waals surface area contributed by atoms with Crippen molar-refractivity contribution in [3.8, 4) is 0 Å². The van der Waals surface area contributed by atoms with E-state index in [0.717, 1.165) is 32.5 Å². The number of rotatable bonds is 5. The van der Waals surface area contributed by atoms with Crippen LogP contribution < -0.4 is 10.2 Å². The molecule has 2 fully saturated rings. The van der Waals surface area contributed by atoms with Crippen molar-refractivity contribution in [1.82, 2.24) is 25.1 Å². The average Bonchev–Trinajstić information content (AvgIpc) is 2.68. The highest BCUT2D eigenvalue weighted by molar-refractivity contribution is 5.80. The monoisotopic (exact) mass is 374 g/mol. The highest BCUT2D eigenvalue weighted by Gasteiger charge is 2.32. The second-order valence-corrected chi connectivity index (χ2v) is 7.66. The van der Waals surface area contributed by atoms with Crippen molar-refractivity contribution < 1.29 is 9.59 Å². The molecule has 2 amide bonds. The van der Waals surface area contributed by atoms with Gasteiger partial charge in [-0.15, -0.1) is 0 Å². The van der Waals surface area contributed by atoms with Gasteiger partial charge in [0.15, 0.2) is 0 Å². The maximum atomic E-state index is 13.0. The van der Waals surface area contributed by atoms with Gasteiger partial charge in [-0.2, -0.15) is 0 Å². The Hall–Kier alpha value is -2.22. The predicted octanol–water partition coefficient (Wildman–Crippen LogP) is 0.362. The molecule has 2 saturated heterocycles. The van der Waals surface area contributed by atoms with E-state index in [1.807, 2.05) is 18.7 Å². The van der Waals surface area contributed by atoms with Crippen LogP contribution in [0.3, 0.4) is 0 Å². The summed E-state index contributed by atoms with van der Waals surface area (Å²) in [5.74, 6) is 0.979. The van der Waals surface area contributed by atoms with E-state index >= 15 is 0 Å². The van der Waals surface area contributed by atoms with Gasteiger partial charge >= 0.3 is 0 Å². The number of nitrogens with one attached hydrogen (secondary N) is 1. The molecule has 0 aliphatic carbocycles. The first-order chi connectivity index (χ1) is 13.0. The molecule has 1 aromatic rings. The Balaban J connectivity index is 1.48. The summed E-state index contributed by atoms with van der Waals surface area (Å²) in [6, 6.07) is 1.96. The Morgan fingerprint density at radius 2 is 1.85 bits per heavy atom. The summed E-state index contributed by atoms with van der Waals surface area (Å²) < 4.78 is 0. The summed E-state index contributed by atoms with van der Waals surface area (Å²) in [7, 11) is 0. The van der Waals surface area contributed by atoms with Crippen LogP contribution in [-0.4, -0.2) is 83.4 Å². The van der Waals surface area contributed by atoms with Gasteiger partial charge in [-0.3, -0.25) is 14.5 Å². The number of carbonyl (C=O) groups excluding carboxylic acids is 2. The molecule has 0 saturated carbocycles. The number of aromatic nitrogens is 2.